The minimum atomic E-state index is -1.07. The summed E-state index contributed by atoms with van der Waals surface area (Å²) in [4.78, 5) is 48.0. The van der Waals surface area contributed by atoms with Crippen molar-refractivity contribution < 1.29 is 33.9 Å². The highest BCUT2D eigenvalue weighted by atomic mass is 16.6. The van der Waals surface area contributed by atoms with Crippen LogP contribution >= 0.6 is 0 Å². The molecule has 1 heterocycles. The number of nitrogens with zero attached hydrogens (tertiary/aromatic N) is 3. The van der Waals surface area contributed by atoms with Crippen LogP contribution in [0.2, 0.25) is 0 Å². The fourth-order valence-electron chi connectivity index (χ4n) is 5.25. The standard InChI is InChI=1S/C26H23N3O8/c1-2-36-20-10-15(12-27-28-24(30)21-17-7-8-18(11-17)22(21)25(28)31)9-19(29(34)35)23(20)37-13-14-3-5-16(6-4-14)26(32)33/h3-10,12,17-18,21-22H,2,11,13H2,1H3,(H,32,33)/t17-,18-,21-,22+/m0/s1. The van der Waals surface area contributed by atoms with E-state index in [0.717, 1.165) is 11.4 Å². The van der Waals surface area contributed by atoms with Gasteiger partial charge in [0.2, 0.25) is 5.75 Å². The third-order valence-corrected chi connectivity index (χ3v) is 6.91. The maximum atomic E-state index is 12.9. The molecule has 2 aromatic carbocycles. The third kappa shape index (κ3) is 4.32. The predicted octanol–water partition coefficient (Wildman–Crippen LogP) is 3.41. The van der Waals surface area contributed by atoms with E-state index in [0.29, 0.717) is 5.56 Å². The van der Waals surface area contributed by atoms with E-state index in [4.69, 9.17) is 14.6 Å². The number of nitro groups is 1. The normalized spacial score (nSPS) is 23.6. The minimum Gasteiger partial charge on any atom is -0.490 e. The number of carboxylic acid groups (broad SMARTS) is 1. The molecule has 11 heteroatoms. The number of imide groups is 1. The summed E-state index contributed by atoms with van der Waals surface area (Å²) in [6.45, 7) is 1.84. The van der Waals surface area contributed by atoms with Gasteiger partial charge in [0.1, 0.15) is 6.61 Å². The summed E-state index contributed by atoms with van der Waals surface area (Å²) < 4.78 is 11.3. The first-order chi connectivity index (χ1) is 17.8. The zero-order valence-electron chi connectivity index (χ0n) is 19.8. The van der Waals surface area contributed by atoms with E-state index in [-0.39, 0.29) is 65.2 Å². The Bertz CT molecular complexity index is 1320. The average molecular weight is 505 g/mol. The van der Waals surface area contributed by atoms with Gasteiger partial charge in [0.25, 0.3) is 11.8 Å². The summed E-state index contributed by atoms with van der Waals surface area (Å²) in [6, 6.07) is 8.64. The van der Waals surface area contributed by atoms with E-state index in [1.165, 1.54) is 30.5 Å². The number of amides is 2. The quantitative estimate of drug-likeness (QED) is 0.179. The number of rotatable bonds is 9. The van der Waals surface area contributed by atoms with Crippen LogP contribution < -0.4 is 9.47 Å². The van der Waals surface area contributed by atoms with Crippen molar-refractivity contribution in [2.45, 2.75) is 20.0 Å². The molecule has 11 nitrogen and oxygen atoms in total. The molecule has 0 radical (unpaired) electrons. The van der Waals surface area contributed by atoms with Gasteiger partial charge in [-0.1, -0.05) is 24.3 Å². The van der Waals surface area contributed by atoms with Gasteiger partial charge in [-0.15, -0.1) is 0 Å². The Hall–Kier alpha value is -4.54. The number of carbonyl (C=O) groups excluding carboxylic acids is 2. The SMILES string of the molecule is CCOc1cc(C=NN2C(=O)[C@@H]3[C@H](C2=O)[C@H]2C=C[C@H]3C2)cc([N+](=O)[O-])c1OCc1ccc(C(=O)O)cc1. The van der Waals surface area contributed by atoms with Crippen molar-refractivity contribution in [3.05, 3.63) is 75.4 Å². The zero-order chi connectivity index (χ0) is 26.3. The predicted molar refractivity (Wildman–Crippen MR) is 129 cm³/mol. The van der Waals surface area contributed by atoms with Crippen molar-refractivity contribution in [2.24, 2.45) is 28.8 Å². The van der Waals surface area contributed by atoms with Crippen LogP contribution in [-0.4, -0.2) is 45.6 Å². The van der Waals surface area contributed by atoms with Crippen LogP contribution in [0.25, 0.3) is 0 Å². The van der Waals surface area contributed by atoms with Gasteiger partial charge in [-0.05, 0) is 48.9 Å². The highest BCUT2D eigenvalue weighted by Crippen LogP contribution is 2.52. The molecule has 1 N–H and O–H groups in total. The second-order valence-corrected chi connectivity index (χ2v) is 9.08. The molecular formula is C26H23N3O8. The lowest BCUT2D eigenvalue weighted by Gasteiger charge is -2.14. The number of hydrazone groups is 1. The average Bonchev–Trinajstić information content (AvgIpc) is 3.56. The monoisotopic (exact) mass is 505 g/mol. The van der Waals surface area contributed by atoms with Gasteiger partial charge in [0.15, 0.2) is 5.75 Å². The number of aromatic carboxylic acids is 1. The summed E-state index contributed by atoms with van der Waals surface area (Å²) in [5, 5.41) is 25.9. The second-order valence-electron chi connectivity index (χ2n) is 9.08. The van der Waals surface area contributed by atoms with Crippen molar-refractivity contribution in [3.8, 4) is 11.5 Å². The highest BCUT2D eigenvalue weighted by Gasteiger charge is 2.59. The van der Waals surface area contributed by atoms with E-state index < -0.39 is 22.7 Å². The molecular weight excluding hydrogens is 482 g/mol. The first-order valence-corrected chi connectivity index (χ1v) is 11.8. The van der Waals surface area contributed by atoms with E-state index >= 15 is 0 Å². The summed E-state index contributed by atoms with van der Waals surface area (Å²) in [6.07, 6.45) is 6.01. The lowest BCUT2D eigenvalue weighted by atomic mass is 9.85. The Morgan fingerprint density at radius 1 is 1.14 bits per heavy atom. The van der Waals surface area contributed by atoms with Gasteiger partial charge in [-0.25, -0.2) is 4.79 Å². The van der Waals surface area contributed by atoms with Crippen LogP contribution in [-0.2, 0) is 16.2 Å². The number of hydrogen-bond donors (Lipinski definition) is 1. The van der Waals surface area contributed by atoms with Gasteiger partial charge in [-0.2, -0.15) is 10.1 Å². The summed E-state index contributed by atoms with van der Waals surface area (Å²) in [5.74, 6) is -2.46. The number of carbonyl (C=O) groups is 3. The van der Waals surface area contributed by atoms with E-state index in [1.54, 1.807) is 19.1 Å². The van der Waals surface area contributed by atoms with Gasteiger partial charge in [-0.3, -0.25) is 19.7 Å². The summed E-state index contributed by atoms with van der Waals surface area (Å²) >= 11 is 0. The minimum absolute atomic E-state index is 0.0501. The fourth-order valence-corrected chi connectivity index (χ4v) is 5.25. The first kappa shape index (κ1) is 24.2. The molecule has 1 saturated heterocycles. The number of allylic oxidation sites excluding steroid dienone is 2. The van der Waals surface area contributed by atoms with E-state index in [1.807, 2.05) is 12.2 Å². The number of fused-ring (bicyclic) bond motifs is 5. The Labute approximate surface area is 211 Å². The molecule has 0 aromatic heterocycles. The van der Waals surface area contributed by atoms with Gasteiger partial charge >= 0.3 is 11.7 Å². The number of benzene rings is 2. The smallest absolute Gasteiger partial charge is 0.335 e. The molecule has 2 bridgehead atoms. The molecule has 4 atom stereocenters. The largest absolute Gasteiger partial charge is 0.490 e. The molecule has 1 aliphatic heterocycles. The molecule has 5 rings (SSSR count). The van der Waals surface area contributed by atoms with Crippen LogP contribution in [0.4, 0.5) is 5.69 Å². The maximum Gasteiger partial charge on any atom is 0.335 e. The molecule has 190 valence electrons. The van der Waals surface area contributed by atoms with Crippen LogP contribution in [0.5, 0.6) is 11.5 Å². The molecule has 2 aromatic rings. The molecule has 0 spiro atoms. The molecule has 2 aliphatic carbocycles. The van der Waals surface area contributed by atoms with Crippen molar-refractivity contribution >= 4 is 29.7 Å². The Kier molecular flexibility index (Phi) is 6.20. The molecule has 0 unspecified atom stereocenters. The number of nitro benzene ring substituents is 1. The first-order valence-electron chi connectivity index (χ1n) is 11.8. The molecule has 37 heavy (non-hydrogen) atoms. The van der Waals surface area contributed by atoms with Gasteiger partial charge in [0.05, 0.1) is 35.1 Å². The number of ether oxygens (including phenoxy) is 2. The highest BCUT2D eigenvalue weighted by molar-refractivity contribution is 6.06. The lowest BCUT2D eigenvalue weighted by Crippen LogP contribution is -2.28. The Morgan fingerprint density at radius 3 is 2.35 bits per heavy atom. The van der Waals surface area contributed by atoms with Crippen molar-refractivity contribution in [3.63, 3.8) is 0 Å². The molecule has 2 fully saturated rings. The Balaban J connectivity index is 1.39. The van der Waals surface area contributed by atoms with Crippen LogP contribution in [0.1, 0.15) is 34.8 Å². The second kappa shape index (κ2) is 9.49. The zero-order valence-corrected chi connectivity index (χ0v) is 19.8. The fraction of sp³-hybridized carbons (Fsp3) is 0.308. The van der Waals surface area contributed by atoms with E-state index in [2.05, 4.69) is 5.10 Å². The van der Waals surface area contributed by atoms with Crippen LogP contribution in [0.3, 0.4) is 0 Å². The summed E-state index contributed by atoms with van der Waals surface area (Å²) in [7, 11) is 0. The van der Waals surface area contributed by atoms with Crippen LogP contribution in [0.15, 0.2) is 53.7 Å². The topological polar surface area (TPSA) is 149 Å². The van der Waals surface area contributed by atoms with Crippen molar-refractivity contribution in [1.82, 2.24) is 5.01 Å². The molecule has 2 amide bonds. The van der Waals surface area contributed by atoms with E-state index in [9.17, 15) is 24.5 Å². The third-order valence-electron chi connectivity index (χ3n) is 6.91. The number of carboxylic acids is 1. The molecule has 3 aliphatic rings. The maximum absolute atomic E-state index is 12.9. The van der Waals surface area contributed by atoms with Crippen molar-refractivity contribution in [1.29, 1.82) is 0 Å². The van der Waals surface area contributed by atoms with Crippen LogP contribution in [0, 0.1) is 33.8 Å². The van der Waals surface area contributed by atoms with Gasteiger partial charge < -0.3 is 14.6 Å². The van der Waals surface area contributed by atoms with Crippen molar-refractivity contribution in [2.75, 3.05) is 6.61 Å². The number of hydrogen-bond acceptors (Lipinski definition) is 8. The lowest BCUT2D eigenvalue weighted by molar-refractivity contribution is -0.386. The Morgan fingerprint density at radius 2 is 1.78 bits per heavy atom. The molecule has 1 saturated carbocycles. The summed E-state index contributed by atoms with van der Waals surface area (Å²) in [5.41, 5.74) is 0.586. The van der Waals surface area contributed by atoms with Gasteiger partial charge in [0, 0.05) is 11.6 Å².